The third kappa shape index (κ3) is 3.97. The Morgan fingerprint density at radius 1 is 1.26 bits per heavy atom. The second-order valence-electron chi connectivity index (χ2n) is 7.17. The van der Waals surface area contributed by atoms with Gasteiger partial charge in [0.25, 0.3) is 0 Å². The van der Waals surface area contributed by atoms with Gasteiger partial charge in [0.05, 0.1) is 0 Å². The van der Waals surface area contributed by atoms with Gasteiger partial charge in [0.15, 0.2) is 0 Å². The molecule has 0 radical (unpaired) electrons. The number of aromatic amines is 1. The van der Waals surface area contributed by atoms with Crippen LogP contribution in [0, 0.1) is 0 Å². The first kappa shape index (κ1) is 15.7. The molecule has 2 heterocycles. The molecule has 1 fully saturated rings. The summed E-state index contributed by atoms with van der Waals surface area (Å²) in [5.41, 5.74) is 1.85. The van der Waals surface area contributed by atoms with Gasteiger partial charge in [0.2, 0.25) is 0 Å². The van der Waals surface area contributed by atoms with E-state index in [9.17, 15) is 4.79 Å². The van der Waals surface area contributed by atoms with Gasteiger partial charge in [-0.15, -0.1) is 0 Å². The number of aromatic nitrogens is 1. The fourth-order valence-corrected chi connectivity index (χ4v) is 2.91. The second kappa shape index (κ2) is 6.14. The van der Waals surface area contributed by atoms with E-state index in [-0.39, 0.29) is 6.09 Å². The molecule has 0 spiro atoms. The van der Waals surface area contributed by atoms with Gasteiger partial charge in [-0.05, 0) is 57.9 Å². The van der Waals surface area contributed by atoms with Crippen molar-refractivity contribution in [3.05, 3.63) is 30.5 Å². The van der Waals surface area contributed by atoms with E-state index in [1.54, 1.807) is 4.90 Å². The number of benzene rings is 1. The van der Waals surface area contributed by atoms with Crippen molar-refractivity contribution in [2.24, 2.45) is 0 Å². The van der Waals surface area contributed by atoms with Gasteiger partial charge in [0, 0.05) is 41.9 Å². The molecule has 1 aromatic heterocycles. The van der Waals surface area contributed by atoms with Crippen molar-refractivity contribution in [1.82, 2.24) is 9.88 Å². The van der Waals surface area contributed by atoms with Gasteiger partial charge in [-0.2, -0.15) is 0 Å². The van der Waals surface area contributed by atoms with Crippen molar-refractivity contribution in [3.63, 3.8) is 0 Å². The summed E-state index contributed by atoms with van der Waals surface area (Å²) in [5.74, 6) is 0. The molecule has 2 aromatic rings. The van der Waals surface area contributed by atoms with Crippen LogP contribution in [0.5, 0.6) is 0 Å². The lowest BCUT2D eigenvalue weighted by Crippen LogP contribution is -2.44. The predicted octanol–water partition coefficient (Wildman–Crippen LogP) is 3.98. The molecule has 124 valence electrons. The lowest BCUT2D eigenvalue weighted by molar-refractivity contribution is 0.0210. The molecule has 1 aromatic carbocycles. The zero-order chi connectivity index (χ0) is 16.4. The molecule has 1 aliphatic rings. The average Bonchev–Trinajstić information content (AvgIpc) is 2.94. The van der Waals surface area contributed by atoms with Gasteiger partial charge in [-0.1, -0.05) is 0 Å². The highest BCUT2D eigenvalue weighted by Crippen LogP contribution is 2.22. The Morgan fingerprint density at radius 2 is 2.00 bits per heavy atom. The number of nitrogens with one attached hydrogen (secondary N) is 2. The van der Waals surface area contributed by atoms with Gasteiger partial charge in [-0.25, -0.2) is 4.79 Å². The highest BCUT2D eigenvalue weighted by atomic mass is 16.6. The fraction of sp³-hybridized carbons (Fsp3) is 0.500. The molecule has 3 rings (SSSR count). The van der Waals surface area contributed by atoms with Crippen LogP contribution in [0.4, 0.5) is 10.5 Å². The Labute approximate surface area is 137 Å². The summed E-state index contributed by atoms with van der Waals surface area (Å²) in [6, 6.07) is 8.81. The summed E-state index contributed by atoms with van der Waals surface area (Å²) in [6.07, 6.45) is 3.62. The van der Waals surface area contributed by atoms with Crippen LogP contribution in [0.2, 0.25) is 0 Å². The van der Waals surface area contributed by atoms with Crippen LogP contribution in [-0.4, -0.2) is 40.7 Å². The van der Waals surface area contributed by atoms with Crippen LogP contribution >= 0.6 is 0 Å². The van der Waals surface area contributed by atoms with Crippen LogP contribution in [0.15, 0.2) is 30.5 Å². The Balaban J connectivity index is 1.53. The topological polar surface area (TPSA) is 57.4 Å². The molecule has 0 atom stereocenters. The Bertz CT molecular complexity index is 679. The zero-order valence-corrected chi connectivity index (χ0v) is 14.1. The van der Waals surface area contributed by atoms with E-state index in [1.807, 2.05) is 27.0 Å². The average molecular weight is 315 g/mol. The first-order valence-electron chi connectivity index (χ1n) is 8.22. The smallest absolute Gasteiger partial charge is 0.410 e. The summed E-state index contributed by atoms with van der Waals surface area (Å²) in [6.45, 7) is 7.17. The number of hydrogen-bond acceptors (Lipinski definition) is 3. The van der Waals surface area contributed by atoms with E-state index < -0.39 is 5.60 Å². The standard InChI is InChI=1S/C18H25N3O2/c1-18(2,3)23-17(22)21-10-7-14(8-11-21)20-15-4-5-16-13(12-15)6-9-19-16/h4-6,9,12,14,19-20H,7-8,10-11H2,1-3H3. The Hall–Kier alpha value is -2.17. The molecule has 0 aliphatic carbocycles. The number of carbonyl (C=O) groups is 1. The first-order chi connectivity index (χ1) is 10.9. The van der Waals surface area contributed by atoms with Crippen molar-refractivity contribution in [2.75, 3.05) is 18.4 Å². The number of piperidine rings is 1. The van der Waals surface area contributed by atoms with Crippen LogP contribution in [0.3, 0.4) is 0 Å². The van der Waals surface area contributed by atoms with Crippen LogP contribution < -0.4 is 5.32 Å². The van der Waals surface area contributed by atoms with E-state index in [4.69, 9.17) is 4.74 Å². The van der Waals surface area contributed by atoms with Crippen molar-refractivity contribution in [1.29, 1.82) is 0 Å². The minimum Gasteiger partial charge on any atom is -0.444 e. The summed E-state index contributed by atoms with van der Waals surface area (Å²) < 4.78 is 5.43. The number of carbonyl (C=O) groups excluding carboxylic acids is 1. The first-order valence-corrected chi connectivity index (χ1v) is 8.22. The van der Waals surface area contributed by atoms with Crippen LogP contribution in [0.1, 0.15) is 33.6 Å². The van der Waals surface area contributed by atoms with Crippen molar-refractivity contribution >= 4 is 22.7 Å². The molecule has 0 unspecified atom stereocenters. The third-order valence-corrected chi connectivity index (χ3v) is 4.07. The number of likely N-dealkylation sites (tertiary alicyclic amines) is 1. The molecule has 0 bridgehead atoms. The zero-order valence-electron chi connectivity index (χ0n) is 14.1. The molecule has 1 aliphatic heterocycles. The number of amides is 1. The number of nitrogens with zero attached hydrogens (tertiary/aromatic N) is 1. The summed E-state index contributed by atoms with van der Waals surface area (Å²) in [7, 11) is 0. The lowest BCUT2D eigenvalue weighted by atomic mass is 10.0. The number of rotatable bonds is 2. The quantitative estimate of drug-likeness (QED) is 0.881. The SMILES string of the molecule is CC(C)(C)OC(=O)N1CCC(Nc2ccc3[nH]ccc3c2)CC1. The maximum absolute atomic E-state index is 12.1. The van der Waals surface area contributed by atoms with Gasteiger partial charge in [-0.3, -0.25) is 0 Å². The molecule has 1 saturated heterocycles. The summed E-state index contributed by atoms with van der Waals surface area (Å²) in [4.78, 5) is 17.1. The maximum atomic E-state index is 12.1. The highest BCUT2D eigenvalue weighted by Gasteiger charge is 2.26. The molecular weight excluding hydrogens is 290 g/mol. The monoisotopic (exact) mass is 315 g/mol. The Morgan fingerprint density at radius 3 is 2.70 bits per heavy atom. The molecule has 0 saturated carbocycles. The number of hydrogen-bond donors (Lipinski definition) is 2. The summed E-state index contributed by atoms with van der Waals surface area (Å²) >= 11 is 0. The normalized spacial score (nSPS) is 16.6. The maximum Gasteiger partial charge on any atom is 0.410 e. The predicted molar refractivity (Wildman–Crippen MR) is 92.8 cm³/mol. The molecule has 23 heavy (non-hydrogen) atoms. The van der Waals surface area contributed by atoms with Gasteiger partial charge >= 0.3 is 6.09 Å². The number of fused-ring (bicyclic) bond motifs is 1. The molecule has 5 nitrogen and oxygen atoms in total. The summed E-state index contributed by atoms with van der Waals surface area (Å²) in [5, 5.41) is 4.79. The van der Waals surface area contributed by atoms with Gasteiger partial charge < -0.3 is 19.9 Å². The highest BCUT2D eigenvalue weighted by molar-refractivity contribution is 5.83. The van der Waals surface area contributed by atoms with E-state index in [1.165, 1.54) is 5.39 Å². The third-order valence-electron chi connectivity index (χ3n) is 4.07. The van der Waals surface area contributed by atoms with Crippen LogP contribution in [0.25, 0.3) is 10.9 Å². The largest absolute Gasteiger partial charge is 0.444 e. The molecule has 1 amide bonds. The second-order valence-corrected chi connectivity index (χ2v) is 7.17. The van der Waals surface area contributed by atoms with E-state index >= 15 is 0 Å². The Kier molecular flexibility index (Phi) is 4.20. The van der Waals surface area contributed by atoms with E-state index in [2.05, 4.69) is 34.6 Å². The fourth-order valence-electron chi connectivity index (χ4n) is 2.91. The van der Waals surface area contributed by atoms with Crippen molar-refractivity contribution < 1.29 is 9.53 Å². The molecule has 5 heteroatoms. The number of H-pyrrole nitrogens is 1. The lowest BCUT2D eigenvalue weighted by Gasteiger charge is -2.34. The van der Waals surface area contributed by atoms with Crippen molar-refractivity contribution in [2.45, 2.75) is 45.3 Å². The molecule has 2 N–H and O–H groups in total. The number of anilines is 1. The number of ether oxygens (including phenoxy) is 1. The van der Waals surface area contributed by atoms with Crippen LogP contribution in [-0.2, 0) is 4.74 Å². The molecular formula is C18H25N3O2. The minimum absolute atomic E-state index is 0.204. The minimum atomic E-state index is -0.432. The van der Waals surface area contributed by atoms with E-state index in [0.717, 1.165) is 37.1 Å². The van der Waals surface area contributed by atoms with E-state index in [0.29, 0.717) is 6.04 Å². The van der Waals surface area contributed by atoms with Crippen molar-refractivity contribution in [3.8, 4) is 0 Å². The van der Waals surface area contributed by atoms with Gasteiger partial charge in [0.1, 0.15) is 5.60 Å².